The van der Waals surface area contributed by atoms with E-state index in [1.807, 2.05) is 5.51 Å². The summed E-state index contributed by atoms with van der Waals surface area (Å²) in [5.41, 5.74) is 4.46. The Morgan fingerprint density at radius 1 is 1.53 bits per heavy atom. The predicted octanol–water partition coefficient (Wildman–Crippen LogP) is 1.74. The number of fused-ring (bicyclic) bond motifs is 1. The van der Waals surface area contributed by atoms with E-state index in [1.54, 1.807) is 11.3 Å². The van der Waals surface area contributed by atoms with Gasteiger partial charge < -0.3 is 10.2 Å². The van der Waals surface area contributed by atoms with Crippen molar-refractivity contribution in [2.75, 3.05) is 26.7 Å². The molecule has 1 saturated heterocycles. The van der Waals surface area contributed by atoms with E-state index in [4.69, 9.17) is 0 Å². The van der Waals surface area contributed by atoms with E-state index >= 15 is 0 Å². The molecule has 0 radical (unpaired) electrons. The monoisotopic (exact) mass is 247 g/mol. The smallest absolute Gasteiger partial charge is 0.0812 e. The highest BCUT2D eigenvalue weighted by atomic mass is 32.1. The van der Waals surface area contributed by atoms with Gasteiger partial charge in [-0.2, -0.15) is 0 Å². The largest absolute Gasteiger partial charge is 0.314 e. The molecule has 0 aliphatic carbocycles. The Morgan fingerprint density at radius 2 is 2.47 bits per heavy atom. The topological polar surface area (TPSA) is 28.2 Å². The van der Waals surface area contributed by atoms with Crippen LogP contribution in [0.15, 0.2) is 23.7 Å². The van der Waals surface area contributed by atoms with Crippen molar-refractivity contribution in [1.29, 1.82) is 0 Å². The van der Waals surface area contributed by atoms with Gasteiger partial charge in [-0.3, -0.25) is 0 Å². The molecule has 90 valence electrons. The highest BCUT2D eigenvalue weighted by Crippen LogP contribution is 2.20. The summed E-state index contributed by atoms with van der Waals surface area (Å²) in [6.07, 6.45) is 1.12. The van der Waals surface area contributed by atoms with Crippen molar-refractivity contribution in [3.8, 4) is 0 Å². The minimum Gasteiger partial charge on any atom is -0.314 e. The van der Waals surface area contributed by atoms with Gasteiger partial charge >= 0.3 is 0 Å². The molecular weight excluding hydrogens is 230 g/mol. The molecular formula is C13H17N3S. The summed E-state index contributed by atoms with van der Waals surface area (Å²) < 4.78 is 1.30. The summed E-state index contributed by atoms with van der Waals surface area (Å²) >= 11 is 1.72. The van der Waals surface area contributed by atoms with E-state index in [0.29, 0.717) is 6.04 Å². The van der Waals surface area contributed by atoms with E-state index in [-0.39, 0.29) is 0 Å². The van der Waals surface area contributed by atoms with Crippen LogP contribution in [0.25, 0.3) is 10.2 Å². The number of likely N-dealkylation sites (N-methyl/N-ethyl adjacent to an activating group) is 1. The van der Waals surface area contributed by atoms with Gasteiger partial charge in [-0.25, -0.2) is 4.98 Å². The fraction of sp³-hybridized carbons (Fsp3) is 0.462. The second kappa shape index (κ2) is 4.72. The molecule has 1 unspecified atom stereocenters. The van der Waals surface area contributed by atoms with Crippen molar-refractivity contribution in [3.63, 3.8) is 0 Å². The third kappa shape index (κ3) is 2.34. The zero-order valence-corrected chi connectivity index (χ0v) is 10.8. The first kappa shape index (κ1) is 11.1. The molecule has 1 aromatic carbocycles. The van der Waals surface area contributed by atoms with Gasteiger partial charge in [0, 0.05) is 25.7 Å². The Bertz CT molecular complexity index is 508. The van der Waals surface area contributed by atoms with Gasteiger partial charge in [0.1, 0.15) is 0 Å². The fourth-order valence-corrected chi connectivity index (χ4v) is 3.13. The molecule has 0 saturated carbocycles. The Balaban J connectivity index is 1.79. The van der Waals surface area contributed by atoms with Gasteiger partial charge in [0.25, 0.3) is 0 Å². The van der Waals surface area contributed by atoms with Crippen LogP contribution < -0.4 is 5.32 Å². The average molecular weight is 247 g/mol. The first-order chi connectivity index (χ1) is 8.33. The lowest BCUT2D eigenvalue weighted by Crippen LogP contribution is -2.50. The summed E-state index contributed by atoms with van der Waals surface area (Å²) in [4.78, 5) is 6.77. The quantitative estimate of drug-likeness (QED) is 0.876. The van der Waals surface area contributed by atoms with E-state index in [9.17, 15) is 0 Å². The van der Waals surface area contributed by atoms with Crippen LogP contribution in [-0.4, -0.2) is 42.6 Å². The molecule has 1 aliphatic rings. The van der Waals surface area contributed by atoms with Gasteiger partial charge in [0.15, 0.2) is 0 Å². The molecule has 17 heavy (non-hydrogen) atoms. The average Bonchev–Trinajstić information content (AvgIpc) is 2.79. The van der Waals surface area contributed by atoms with Crippen molar-refractivity contribution in [2.45, 2.75) is 12.5 Å². The van der Waals surface area contributed by atoms with E-state index in [2.05, 4.69) is 40.4 Å². The van der Waals surface area contributed by atoms with Crippen LogP contribution in [0.4, 0.5) is 0 Å². The number of hydrogen-bond donors (Lipinski definition) is 1. The van der Waals surface area contributed by atoms with Crippen LogP contribution in [0.1, 0.15) is 5.56 Å². The molecule has 1 aromatic heterocycles. The molecule has 2 aromatic rings. The third-order valence-electron chi connectivity index (χ3n) is 3.51. The number of benzene rings is 1. The molecule has 1 atom stereocenters. The lowest BCUT2D eigenvalue weighted by molar-refractivity contribution is 0.199. The molecule has 3 nitrogen and oxygen atoms in total. The molecule has 0 bridgehead atoms. The number of aromatic nitrogens is 1. The SMILES string of the molecule is CN1CCNCC1Cc1ccc2ncsc2c1. The minimum atomic E-state index is 0.620. The van der Waals surface area contributed by atoms with Crippen molar-refractivity contribution in [2.24, 2.45) is 0 Å². The highest BCUT2D eigenvalue weighted by Gasteiger charge is 2.18. The Hall–Kier alpha value is -0.970. The van der Waals surface area contributed by atoms with E-state index in [1.165, 1.54) is 10.3 Å². The van der Waals surface area contributed by atoms with Gasteiger partial charge in [0.2, 0.25) is 0 Å². The van der Waals surface area contributed by atoms with Gasteiger partial charge in [-0.15, -0.1) is 11.3 Å². The molecule has 3 rings (SSSR count). The molecule has 0 amide bonds. The second-order valence-electron chi connectivity index (χ2n) is 4.70. The Morgan fingerprint density at radius 3 is 3.35 bits per heavy atom. The molecule has 4 heteroatoms. The normalized spacial score (nSPS) is 22.1. The van der Waals surface area contributed by atoms with Crippen LogP contribution in [-0.2, 0) is 6.42 Å². The summed E-state index contributed by atoms with van der Waals surface area (Å²) in [5.74, 6) is 0. The van der Waals surface area contributed by atoms with Crippen molar-refractivity contribution in [3.05, 3.63) is 29.3 Å². The number of nitrogens with zero attached hydrogens (tertiary/aromatic N) is 2. The van der Waals surface area contributed by atoms with Crippen molar-refractivity contribution in [1.82, 2.24) is 15.2 Å². The van der Waals surface area contributed by atoms with Gasteiger partial charge in [-0.1, -0.05) is 6.07 Å². The fourth-order valence-electron chi connectivity index (χ4n) is 2.39. The second-order valence-corrected chi connectivity index (χ2v) is 5.58. The lowest BCUT2D eigenvalue weighted by Gasteiger charge is -2.33. The number of rotatable bonds is 2. The number of thiazole rings is 1. The van der Waals surface area contributed by atoms with E-state index in [0.717, 1.165) is 31.6 Å². The van der Waals surface area contributed by atoms with Crippen LogP contribution >= 0.6 is 11.3 Å². The highest BCUT2D eigenvalue weighted by molar-refractivity contribution is 7.16. The summed E-state index contributed by atoms with van der Waals surface area (Å²) in [6, 6.07) is 7.26. The molecule has 2 heterocycles. The third-order valence-corrected chi connectivity index (χ3v) is 4.30. The van der Waals surface area contributed by atoms with Crippen LogP contribution in [0.2, 0.25) is 0 Å². The molecule has 1 fully saturated rings. The maximum atomic E-state index is 4.32. The molecule has 1 aliphatic heterocycles. The first-order valence-electron chi connectivity index (χ1n) is 6.06. The first-order valence-corrected chi connectivity index (χ1v) is 6.94. The summed E-state index contributed by atoms with van der Waals surface area (Å²) in [5, 5.41) is 3.47. The number of nitrogens with one attached hydrogen (secondary N) is 1. The summed E-state index contributed by atoms with van der Waals surface area (Å²) in [6.45, 7) is 3.35. The standard InChI is InChI=1S/C13H17N3S/c1-16-5-4-14-8-11(16)6-10-2-3-12-13(7-10)17-9-15-12/h2-3,7,9,11,14H,4-6,8H2,1H3. The van der Waals surface area contributed by atoms with Crippen molar-refractivity contribution < 1.29 is 0 Å². The van der Waals surface area contributed by atoms with Crippen LogP contribution in [0, 0.1) is 0 Å². The number of piperazine rings is 1. The predicted molar refractivity (Wildman–Crippen MR) is 72.6 cm³/mol. The minimum absolute atomic E-state index is 0.620. The molecule has 1 N–H and O–H groups in total. The van der Waals surface area contributed by atoms with Crippen LogP contribution in [0.5, 0.6) is 0 Å². The Labute approximate surface area is 105 Å². The van der Waals surface area contributed by atoms with Gasteiger partial charge in [-0.05, 0) is 31.2 Å². The summed E-state index contributed by atoms with van der Waals surface area (Å²) in [7, 11) is 2.22. The van der Waals surface area contributed by atoms with Crippen molar-refractivity contribution >= 4 is 21.6 Å². The maximum Gasteiger partial charge on any atom is 0.0812 e. The molecule has 0 spiro atoms. The lowest BCUT2D eigenvalue weighted by atomic mass is 10.0. The Kier molecular flexibility index (Phi) is 3.09. The van der Waals surface area contributed by atoms with Crippen LogP contribution in [0.3, 0.4) is 0 Å². The zero-order chi connectivity index (χ0) is 11.7. The van der Waals surface area contributed by atoms with E-state index < -0.39 is 0 Å². The van der Waals surface area contributed by atoms with Gasteiger partial charge in [0.05, 0.1) is 15.7 Å². The number of hydrogen-bond acceptors (Lipinski definition) is 4. The zero-order valence-electron chi connectivity index (χ0n) is 10.0. The maximum absolute atomic E-state index is 4.32.